The molecule has 55 heavy (non-hydrogen) atoms. The number of carbonyl (C=O) groups excluding carboxylic acids is 4. The van der Waals surface area contributed by atoms with Gasteiger partial charge in [0.05, 0.1) is 21.2 Å². The van der Waals surface area contributed by atoms with Gasteiger partial charge in [-0.1, -0.05) is 36.4 Å². The van der Waals surface area contributed by atoms with E-state index in [1.54, 1.807) is 48.5 Å². The molecule has 0 aliphatic heterocycles. The number of anilines is 4. The molecule has 0 aromatic heterocycles. The molecule has 15 nitrogen and oxygen atoms in total. The van der Waals surface area contributed by atoms with Crippen LogP contribution in [-0.2, 0) is 0 Å². The third-order valence-electron chi connectivity index (χ3n) is 7.94. The maximum atomic E-state index is 13.2. The van der Waals surface area contributed by atoms with Gasteiger partial charge in [-0.3, -0.25) is 39.4 Å². The van der Waals surface area contributed by atoms with Crippen LogP contribution in [0, 0.1) is 20.2 Å². The fourth-order valence-corrected chi connectivity index (χ4v) is 5.17. The Balaban J connectivity index is 1.09. The largest absolute Gasteiger partial charge is 0.453 e. The van der Waals surface area contributed by atoms with E-state index in [0.717, 1.165) is 0 Å². The van der Waals surface area contributed by atoms with Gasteiger partial charge >= 0.3 is 0 Å². The lowest BCUT2D eigenvalue weighted by atomic mass is 10.1. The van der Waals surface area contributed by atoms with E-state index in [4.69, 9.17) is 4.74 Å². The molecule has 0 bridgehead atoms. The number of benzene rings is 6. The second-order valence-electron chi connectivity index (χ2n) is 11.7. The lowest BCUT2D eigenvalue weighted by Crippen LogP contribution is -2.15. The zero-order valence-corrected chi connectivity index (χ0v) is 28.4. The molecular weight excluding hydrogens is 708 g/mol. The smallest absolute Gasteiger partial charge is 0.271 e. The highest BCUT2D eigenvalue weighted by Crippen LogP contribution is 2.34. The van der Waals surface area contributed by atoms with Crippen LogP contribution in [0.25, 0.3) is 0 Å². The van der Waals surface area contributed by atoms with Crippen molar-refractivity contribution in [2.75, 3.05) is 21.3 Å². The standard InChI is InChI=1S/C40H28N6O9/c47-37(41-29-7-5-9-31(23-29)45(51)52)25-15-19-27(20-16-25)39(49)43-33-11-1-3-13-35(33)55-36-14-4-2-12-34(36)44-40(50)28-21-17-26(18-22-28)38(48)42-30-8-6-10-32(24-30)46(53)54/h1-24H,(H,41,47)(H,42,48)(H,43,49)(H,44,50). The Morgan fingerprint density at radius 2 is 0.745 bits per heavy atom. The number of amides is 4. The van der Waals surface area contributed by atoms with Crippen molar-refractivity contribution in [2.45, 2.75) is 0 Å². The Kier molecular flexibility index (Phi) is 10.9. The minimum Gasteiger partial charge on any atom is -0.453 e. The molecule has 0 radical (unpaired) electrons. The summed E-state index contributed by atoms with van der Waals surface area (Å²) in [5, 5.41) is 32.9. The third-order valence-corrected chi connectivity index (χ3v) is 7.94. The van der Waals surface area contributed by atoms with Crippen molar-refractivity contribution in [3.05, 3.63) is 188 Å². The first-order valence-electron chi connectivity index (χ1n) is 16.3. The topological polar surface area (TPSA) is 212 Å². The number of nitrogens with one attached hydrogen (secondary N) is 4. The third kappa shape index (κ3) is 9.19. The summed E-state index contributed by atoms with van der Waals surface area (Å²) in [6.07, 6.45) is 0. The number of nitro groups is 2. The molecule has 0 atom stereocenters. The molecule has 0 unspecified atom stereocenters. The number of nitro benzene ring substituents is 2. The Morgan fingerprint density at radius 1 is 0.418 bits per heavy atom. The van der Waals surface area contributed by atoms with Crippen molar-refractivity contribution in [2.24, 2.45) is 0 Å². The van der Waals surface area contributed by atoms with Crippen molar-refractivity contribution in [1.82, 2.24) is 0 Å². The van der Waals surface area contributed by atoms with E-state index < -0.39 is 33.5 Å². The van der Waals surface area contributed by atoms with Gasteiger partial charge in [0.1, 0.15) is 0 Å². The van der Waals surface area contributed by atoms with E-state index in [9.17, 15) is 39.4 Å². The molecule has 272 valence electrons. The van der Waals surface area contributed by atoms with Crippen LogP contribution in [0.2, 0.25) is 0 Å². The zero-order chi connectivity index (χ0) is 38.9. The monoisotopic (exact) mass is 736 g/mol. The summed E-state index contributed by atoms with van der Waals surface area (Å²) in [4.78, 5) is 72.9. The number of rotatable bonds is 12. The van der Waals surface area contributed by atoms with Gasteiger partial charge in [-0.25, -0.2) is 0 Å². The maximum absolute atomic E-state index is 13.2. The quantitative estimate of drug-likeness (QED) is 0.0702. The van der Waals surface area contributed by atoms with Gasteiger partial charge in [0.15, 0.2) is 11.5 Å². The Bertz CT molecular complexity index is 2280. The van der Waals surface area contributed by atoms with E-state index in [1.165, 1.54) is 97.1 Å². The number of hydrogen-bond donors (Lipinski definition) is 4. The molecule has 0 aliphatic rings. The van der Waals surface area contributed by atoms with Gasteiger partial charge in [-0.2, -0.15) is 0 Å². The molecule has 15 heteroatoms. The van der Waals surface area contributed by atoms with Gasteiger partial charge in [-0.05, 0) is 84.9 Å². The van der Waals surface area contributed by atoms with Crippen molar-refractivity contribution in [3.63, 3.8) is 0 Å². The second-order valence-corrected chi connectivity index (χ2v) is 11.7. The van der Waals surface area contributed by atoms with Gasteiger partial charge in [-0.15, -0.1) is 0 Å². The normalized spacial score (nSPS) is 10.4. The predicted molar refractivity (Wildman–Crippen MR) is 204 cm³/mol. The first-order valence-corrected chi connectivity index (χ1v) is 16.3. The van der Waals surface area contributed by atoms with Crippen LogP contribution in [0.15, 0.2) is 146 Å². The van der Waals surface area contributed by atoms with E-state index >= 15 is 0 Å². The average molecular weight is 737 g/mol. The molecule has 4 amide bonds. The fraction of sp³-hybridized carbons (Fsp3) is 0. The van der Waals surface area contributed by atoms with Crippen LogP contribution in [0.3, 0.4) is 0 Å². The summed E-state index contributed by atoms with van der Waals surface area (Å²) < 4.78 is 6.16. The number of para-hydroxylation sites is 4. The van der Waals surface area contributed by atoms with Crippen molar-refractivity contribution >= 4 is 57.8 Å². The van der Waals surface area contributed by atoms with Gasteiger partial charge < -0.3 is 26.0 Å². The highest BCUT2D eigenvalue weighted by molar-refractivity contribution is 6.09. The first-order chi connectivity index (χ1) is 26.5. The first kappa shape index (κ1) is 36.6. The number of hydrogen-bond acceptors (Lipinski definition) is 9. The Morgan fingerprint density at radius 3 is 1.09 bits per heavy atom. The summed E-state index contributed by atoms with van der Waals surface area (Å²) in [5.41, 5.74) is 1.73. The number of non-ortho nitro benzene ring substituents is 2. The zero-order valence-electron chi connectivity index (χ0n) is 28.4. The summed E-state index contributed by atoms with van der Waals surface area (Å²) in [6, 6.07) is 36.0. The van der Waals surface area contributed by atoms with Crippen LogP contribution in [-0.4, -0.2) is 33.5 Å². The molecule has 4 N–H and O–H groups in total. The summed E-state index contributed by atoms with van der Waals surface area (Å²) >= 11 is 0. The molecule has 6 rings (SSSR count). The number of nitrogens with zero attached hydrogens (tertiary/aromatic N) is 2. The predicted octanol–water partition coefficient (Wildman–Crippen LogP) is 8.30. The van der Waals surface area contributed by atoms with Crippen molar-refractivity contribution in [3.8, 4) is 11.5 Å². The van der Waals surface area contributed by atoms with Gasteiger partial charge in [0.2, 0.25) is 0 Å². The highest BCUT2D eigenvalue weighted by atomic mass is 16.6. The molecular formula is C40H28N6O9. The Hall–Kier alpha value is -8.20. The van der Waals surface area contributed by atoms with Crippen LogP contribution < -0.4 is 26.0 Å². The summed E-state index contributed by atoms with van der Waals surface area (Å²) in [5.74, 6) is -1.49. The average Bonchev–Trinajstić information content (AvgIpc) is 3.19. The van der Waals surface area contributed by atoms with Crippen LogP contribution in [0.5, 0.6) is 11.5 Å². The molecule has 0 aliphatic carbocycles. The molecule has 0 saturated carbocycles. The SMILES string of the molecule is O=C(Nc1cccc([N+](=O)[O-])c1)c1ccc(C(=O)Nc2ccccc2Oc2ccccc2NC(=O)c2ccc(C(=O)Nc3cccc([N+](=O)[O-])c3)cc2)cc1. The second kappa shape index (κ2) is 16.4. The van der Waals surface area contributed by atoms with E-state index in [0.29, 0.717) is 11.4 Å². The molecule has 0 spiro atoms. The minimum atomic E-state index is -0.565. The Labute approximate surface area is 311 Å². The van der Waals surface area contributed by atoms with Crippen molar-refractivity contribution < 1.29 is 33.8 Å². The molecule has 0 fully saturated rings. The molecule has 6 aromatic carbocycles. The molecule has 0 saturated heterocycles. The van der Waals surface area contributed by atoms with Gasteiger partial charge in [0.25, 0.3) is 35.0 Å². The fourth-order valence-electron chi connectivity index (χ4n) is 5.17. The van der Waals surface area contributed by atoms with Gasteiger partial charge in [0, 0.05) is 57.9 Å². The van der Waals surface area contributed by atoms with Crippen molar-refractivity contribution in [1.29, 1.82) is 0 Å². The number of ether oxygens (including phenoxy) is 1. The number of carbonyl (C=O) groups is 4. The molecule has 6 aromatic rings. The summed E-state index contributed by atoms with van der Waals surface area (Å²) in [7, 11) is 0. The van der Waals surface area contributed by atoms with Crippen LogP contribution in [0.1, 0.15) is 41.4 Å². The molecule has 0 heterocycles. The maximum Gasteiger partial charge on any atom is 0.271 e. The van der Waals surface area contributed by atoms with Crippen LogP contribution >= 0.6 is 0 Å². The highest BCUT2D eigenvalue weighted by Gasteiger charge is 2.17. The summed E-state index contributed by atoms with van der Waals surface area (Å²) in [6.45, 7) is 0. The lowest BCUT2D eigenvalue weighted by Gasteiger charge is -2.15. The lowest BCUT2D eigenvalue weighted by molar-refractivity contribution is -0.385. The van der Waals surface area contributed by atoms with E-state index in [-0.39, 0.29) is 56.5 Å². The minimum absolute atomic E-state index is 0.169. The van der Waals surface area contributed by atoms with E-state index in [2.05, 4.69) is 21.3 Å². The van der Waals surface area contributed by atoms with Crippen LogP contribution in [0.4, 0.5) is 34.1 Å². The van der Waals surface area contributed by atoms with E-state index in [1.807, 2.05) is 0 Å².